The molecule has 2 saturated heterocycles. The first-order valence-electron chi connectivity index (χ1n) is 7.02. The van der Waals surface area contributed by atoms with Gasteiger partial charge in [-0.15, -0.1) is 11.3 Å². The number of carbonyl (C=O) groups is 1. The van der Waals surface area contributed by atoms with Gasteiger partial charge in [-0.1, -0.05) is 6.07 Å². The molecule has 2 aliphatic heterocycles. The lowest BCUT2D eigenvalue weighted by Crippen LogP contribution is -2.45. The Hall–Kier alpha value is -0.910. The minimum atomic E-state index is 0.0525. The number of carbonyl (C=O) groups excluding carboxylic acids is 1. The molecule has 0 spiro atoms. The molecule has 0 aliphatic carbocycles. The summed E-state index contributed by atoms with van der Waals surface area (Å²) in [4.78, 5) is 17.8. The molecule has 2 fully saturated rings. The SMILES string of the molecule is NC1CC(=O)N(C2CCN(Cc3cccs3)CC2)C1. The van der Waals surface area contributed by atoms with E-state index in [1.54, 1.807) is 0 Å². The topological polar surface area (TPSA) is 49.6 Å². The van der Waals surface area contributed by atoms with Crippen molar-refractivity contribution in [2.24, 2.45) is 5.73 Å². The third kappa shape index (κ3) is 2.99. The zero-order chi connectivity index (χ0) is 13.2. The van der Waals surface area contributed by atoms with Gasteiger partial charge in [0.1, 0.15) is 0 Å². The second-order valence-corrected chi connectivity index (χ2v) is 6.63. The number of hydrogen-bond acceptors (Lipinski definition) is 4. The van der Waals surface area contributed by atoms with Crippen LogP contribution in [0.3, 0.4) is 0 Å². The highest BCUT2D eigenvalue weighted by Gasteiger charge is 2.34. The van der Waals surface area contributed by atoms with Crippen LogP contribution >= 0.6 is 11.3 Å². The van der Waals surface area contributed by atoms with Gasteiger partial charge in [-0.3, -0.25) is 9.69 Å². The minimum Gasteiger partial charge on any atom is -0.338 e. The fourth-order valence-corrected chi connectivity index (χ4v) is 3.87. The summed E-state index contributed by atoms with van der Waals surface area (Å²) >= 11 is 1.82. The maximum absolute atomic E-state index is 11.9. The number of likely N-dealkylation sites (tertiary alicyclic amines) is 2. The minimum absolute atomic E-state index is 0.0525. The van der Waals surface area contributed by atoms with Crippen molar-refractivity contribution in [3.63, 3.8) is 0 Å². The zero-order valence-electron chi connectivity index (χ0n) is 11.1. The maximum Gasteiger partial charge on any atom is 0.224 e. The van der Waals surface area contributed by atoms with Crippen molar-refractivity contribution >= 4 is 17.2 Å². The van der Waals surface area contributed by atoms with E-state index in [1.807, 2.05) is 16.2 Å². The van der Waals surface area contributed by atoms with E-state index in [2.05, 4.69) is 22.4 Å². The lowest BCUT2D eigenvalue weighted by molar-refractivity contribution is -0.130. The van der Waals surface area contributed by atoms with Gasteiger partial charge >= 0.3 is 0 Å². The molecule has 0 saturated carbocycles. The first kappa shape index (κ1) is 13.1. The number of nitrogens with two attached hydrogens (primary N) is 1. The summed E-state index contributed by atoms with van der Waals surface area (Å²) in [5, 5.41) is 2.13. The van der Waals surface area contributed by atoms with Gasteiger partial charge in [-0.05, 0) is 24.3 Å². The average molecular weight is 279 g/mol. The summed E-state index contributed by atoms with van der Waals surface area (Å²) in [5.41, 5.74) is 5.87. The van der Waals surface area contributed by atoms with Gasteiger partial charge in [0, 0.05) is 49.6 Å². The van der Waals surface area contributed by atoms with Crippen molar-refractivity contribution in [1.29, 1.82) is 0 Å². The lowest BCUT2D eigenvalue weighted by Gasteiger charge is -2.36. The van der Waals surface area contributed by atoms with Gasteiger partial charge in [0.15, 0.2) is 0 Å². The fraction of sp³-hybridized carbons (Fsp3) is 0.643. The number of piperidine rings is 1. The Kier molecular flexibility index (Phi) is 3.86. The normalized spacial score (nSPS) is 26.3. The Morgan fingerprint density at radius 2 is 2.16 bits per heavy atom. The molecule has 2 N–H and O–H groups in total. The fourth-order valence-electron chi connectivity index (χ4n) is 3.13. The van der Waals surface area contributed by atoms with Crippen LogP contribution in [0.1, 0.15) is 24.1 Å². The van der Waals surface area contributed by atoms with E-state index in [1.165, 1.54) is 4.88 Å². The van der Waals surface area contributed by atoms with Gasteiger partial charge in [0.25, 0.3) is 0 Å². The second kappa shape index (κ2) is 5.61. The number of rotatable bonds is 3. The molecule has 104 valence electrons. The standard InChI is InChI=1S/C14H21N3OS/c15-11-8-14(18)17(9-11)12-3-5-16(6-4-12)10-13-2-1-7-19-13/h1-2,7,11-12H,3-6,8-10,15H2. The zero-order valence-corrected chi connectivity index (χ0v) is 11.9. The summed E-state index contributed by atoms with van der Waals surface area (Å²) in [6, 6.07) is 4.77. The van der Waals surface area contributed by atoms with Crippen LogP contribution in [0.5, 0.6) is 0 Å². The van der Waals surface area contributed by atoms with Gasteiger partial charge in [0.05, 0.1) is 0 Å². The number of nitrogens with zero attached hydrogens (tertiary/aromatic N) is 2. The monoisotopic (exact) mass is 279 g/mol. The highest BCUT2D eigenvalue weighted by molar-refractivity contribution is 7.09. The van der Waals surface area contributed by atoms with Crippen molar-refractivity contribution in [1.82, 2.24) is 9.80 Å². The molecule has 1 aromatic heterocycles. The van der Waals surface area contributed by atoms with Crippen molar-refractivity contribution < 1.29 is 4.79 Å². The van der Waals surface area contributed by atoms with Crippen molar-refractivity contribution in [2.45, 2.75) is 37.9 Å². The lowest BCUT2D eigenvalue weighted by atomic mass is 10.0. The predicted molar refractivity (Wildman–Crippen MR) is 76.9 cm³/mol. The first-order valence-corrected chi connectivity index (χ1v) is 7.90. The Balaban J connectivity index is 1.51. The van der Waals surface area contributed by atoms with Crippen LogP contribution in [-0.4, -0.2) is 47.4 Å². The van der Waals surface area contributed by atoms with Crippen LogP contribution in [-0.2, 0) is 11.3 Å². The van der Waals surface area contributed by atoms with E-state index in [0.717, 1.165) is 39.0 Å². The van der Waals surface area contributed by atoms with E-state index >= 15 is 0 Å². The third-order valence-corrected chi connectivity index (χ3v) is 5.01. The van der Waals surface area contributed by atoms with E-state index in [4.69, 9.17) is 5.73 Å². The number of thiophene rings is 1. The molecular formula is C14H21N3OS. The Bertz CT molecular complexity index is 426. The van der Waals surface area contributed by atoms with Crippen molar-refractivity contribution in [3.8, 4) is 0 Å². The highest BCUT2D eigenvalue weighted by Crippen LogP contribution is 2.23. The molecule has 3 heterocycles. The van der Waals surface area contributed by atoms with Crippen LogP contribution < -0.4 is 5.73 Å². The van der Waals surface area contributed by atoms with Gasteiger partial charge in [-0.25, -0.2) is 0 Å². The summed E-state index contributed by atoms with van der Waals surface area (Å²) in [6.07, 6.45) is 2.71. The summed E-state index contributed by atoms with van der Waals surface area (Å²) in [5.74, 6) is 0.254. The molecule has 1 atom stereocenters. The Morgan fingerprint density at radius 1 is 1.37 bits per heavy atom. The quantitative estimate of drug-likeness (QED) is 0.906. The molecule has 4 nitrogen and oxygen atoms in total. The third-order valence-electron chi connectivity index (χ3n) is 4.15. The predicted octanol–water partition coefficient (Wildman–Crippen LogP) is 1.27. The molecule has 19 heavy (non-hydrogen) atoms. The summed E-state index contributed by atoms with van der Waals surface area (Å²) < 4.78 is 0. The molecule has 3 rings (SSSR count). The molecule has 1 amide bonds. The smallest absolute Gasteiger partial charge is 0.224 e. The van der Waals surface area contributed by atoms with Gasteiger partial charge in [-0.2, -0.15) is 0 Å². The molecule has 0 aromatic carbocycles. The van der Waals surface area contributed by atoms with Crippen LogP contribution in [0, 0.1) is 0 Å². The largest absolute Gasteiger partial charge is 0.338 e. The average Bonchev–Trinajstić information content (AvgIpc) is 3.00. The summed E-state index contributed by atoms with van der Waals surface area (Å²) in [7, 11) is 0. The first-order chi connectivity index (χ1) is 9.22. The molecular weight excluding hydrogens is 258 g/mol. The second-order valence-electron chi connectivity index (χ2n) is 5.60. The van der Waals surface area contributed by atoms with Gasteiger partial charge in [0.2, 0.25) is 5.91 Å². The highest BCUT2D eigenvalue weighted by atomic mass is 32.1. The molecule has 5 heteroatoms. The van der Waals surface area contributed by atoms with Crippen LogP contribution in [0.25, 0.3) is 0 Å². The van der Waals surface area contributed by atoms with Gasteiger partial charge < -0.3 is 10.6 Å². The van der Waals surface area contributed by atoms with Crippen molar-refractivity contribution in [2.75, 3.05) is 19.6 Å². The van der Waals surface area contributed by atoms with E-state index in [0.29, 0.717) is 12.5 Å². The van der Waals surface area contributed by atoms with Crippen LogP contribution in [0.4, 0.5) is 0 Å². The molecule has 1 aromatic rings. The molecule has 0 radical (unpaired) electrons. The molecule has 1 unspecified atom stereocenters. The van der Waals surface area contributed by atoms with E-state index < -0.39 is 0 Å². The number of amides is 1. The Morgan fingerprint density at radius 3 is 2.74 bits per heavy atom. The van der Waals surface area contributed by atoms with Crippen molar-refractivity contribution in [3.05, 3.63) is 22.4 Å². The maximum atomic E-state index is 11.9. The molecule has 0 bridgehead atoms. The Labute approximate surface area is 118 Å². The summed E-state index contributed by atoms with van der Waals surface area (Å²) in [6.45, 7) is 3.98. The molecule has 2 aliphatic rings. The van der Waals surface area contributed by atoms with E-state index in [-0.39, 0.29) is 11.9 Å². The number of hydrogen-bond donors (Lipinski definition) is 1. The van der Waals surface area contributed by atoms with E-state index in [9.17, 15) is 4.79 Å². The van der Waals surface area contributed by atoms with Crippen LogP contribution in [0.15, 0.2) is 17.5 Å². The van der Waals surface area contributed by atoms with Crippen LogP contribution in [0.2, 0.25) is 0 Å².